The number of ether oxygens (including phenoxy) is 1. The molecule has 9 heteroatoms. The van der Waals surface area contributed by atoms with E-state index in [0.29, 0.717) is 42.3 Å². The monoisotopic (exact) mass is 431 g/mol. The topological polar surface area (TPSA) is 94.6 Å². The second-order valence-corrected chi connectivity index (χ2v) is 9.29. The first-order valence-electron chi connectivity index (χ1n) is 10.1. The molecule has 0 amide bonds. The van der Waals surface area contributed by atoms with Crippen molar-refractivity contribution in [2.45, 2.75) is 51.2 Å². The molecule has 1 aliphatic heterocycles. The lowest BCUT2D eigenvalue weighted by Gasteiger charge is -2.25. The Balaban J connectivity index is 1.60. The molecule has 0 unspecified atom stereocenters. The van der Waals surface area contributed by atoms with Crippen LogP contribution < -0.4 is 0 Å². The van der Waals surface area contributed by atoms with E-state index in [1.165, 1.54) is 6.26 Å². The van der Waals surface area contributed by atoms with Crippen molar-refractivity contribution in [3.63, 3.8) is 0 Å². The van der Waals surface area contributed by atoms with Crippen molar-refractivity contribution in [2.75, 3.05) is 13.1 Å². The third kappa shape index (κ3) is 3.75. The number of aryl methyl sites for hydroxylation is 2. The fraction of sp³-hybridized carbons (Fsp3) is 0.429. The minimum absolute atomic E-state index is 0.0137. The molecule has 30 heavy (non-hydrogen) atoms. The van der Waals surface area contributed by atoms with E-state index in [1.54, 1.807) is 35.5 Å². The van der Waals surface area contributed by atoms with Gasteiger partial charge in [-0.05, 0) is 51.0 Å². The number of carbonyl (C=O) groups is 1. The summed E-state index contributed by atoms with van der Waals surface area (Å²) in [5.41, 5.74) is 1.75. The lowest BCUT2D eigenvalue weighted by molar-refractivity contribution is 0.0456. The number of sulfonamides is 1. The van der Waals surface area contributed by atoms with E-state index < -0.39 is 16.0 Å². The largest absolute Gasteiger partial charge is 0.469 e. The lowest BCUT2D eigenvalue weighted by Crippen LogP contribution is -2.35. The fourth-order valence-corrected chi connectivity index (χ4v) is 5.38. The van der Waals surface area contributed by atoms with Crippen LogP contribution in [0.3, 0.4) is 0 Å². The van der Waals surface area contributed by atoms with E-state index >= 15 is 0 Å². The van der Waals surface area contributed by atoms with Gasteiger partial charge < -0.3 is 13.7 Å². The Morgan fingerprint density at radius 3 is 2.63 bits per heavy atom. The van der Waals surface area contributed by atoms with Gasteiger partial charge >= 0.3 is 5.97 Å². The molecule has 0 saturated carbocycles. The Hall–Kier alpha value is -2.65. The molecule has 2 aromatic heterocycles. The molecule has 160 valence electrons. The van der Waals surface area contributed by atoms with Crippen LogP contribution in [0.15, 0.2) is 39.8 Å². The first-order valence-corrected chi connectivity index (χ1v) is 11.6. The van der Waals surface area contributed by atoms with Crippen LogP contribution in [0, 0.1) is 6.92 Å². The van der Waals surface area contributed by atoms with Crippen molar-refractivity contribution >= 4 is 27.0 Å². The summed E-state index contributed by atoms with van der Waals surface area (Å²) in [6.45, 7) is 5.37. The van der Waals surface area contributed by atoms with Gasteiger partial charge in [0.2, 0.25) is 10.0 Å². The molecule has 8 nitrogen and oxygen atoms in total. The van der Waals surface area contributed by atoms with E-state index in [0.717, 1.165) is 24.8 Å². The Bertz CT molecular complexity index is 1170. The van der Waals surface area contributed by atoms with Gasteiger partial charge in [0, 0.05) is 19.6 Å². The molecule has 0 bridgehead atoms. The van der Waals surface area contributed by atoms with Crippen molar-refractivity contribution in [3.05, 3.63) is 47.7 Å². The van der Waals surface area contributed by atoms with Crippen LogP contribution in [-0.4, -0.2) is 41.3 Å². The van der Waals surface area contributed by atoms with Gasteiger partial charge in [-0.15, -0.1) is 0 Å². The zero-order chi connectivity index (χ0) is 21.3. The standard InChI is InChI=1S/C21H25N3O5S/c1-3-24-19-8-7-16(30(26,27)23-10-5-4-6-11-23)13-18(19)22-20(24)14-29-21(25)17-9-12-28-15(17)2/h7-9,12-13H,3-6,10-11,14H2,1-2H3. The molecule has 3 aromatic rings. The maximum atomic E-state index is 13.0. The third-order valence-electron chi connectivity index (χ3n) is 5.48. The number of esters is 1. The first kappa shape index (κ1) is 20.6. The Labute approximate surface area is 175 Å². The van der Waals surface area contributed by atoms with E-state index in [9.17, 15) is 13.2 Å². The number of rotatable bonds is 6. The SMILES string of the molecule is CCn1c(COC(=O)c2ccoc2C)nc2cc(S(=O)(=O)N3CCCCC3)ccc21. The highest BCUT2D eigenvalue weighted by Crippen LogP contribution is 2.25. The number of aromatic nitrogens is 2. The van der Waals surface area contributed by atoms with Gasteiger partial charge in [-0.2, -0.15) is 4.31 Å². The Kier molecular flexibility index (Phi) is 5.66. The maximum Gasteiger partial charge on any atom is 0.342 e. The van der Waals surface area contributed by atoms with Crippen molar-refractivity contribution in [3.8, 4) is 0 Å². The van der Waals surface area contributed by atoms with Gasteiger partial charge in [-0.25, -0.2) is 18.2 Å². The zero-order valence-corrected chi connectivity index (χ0v) is 17.9. The third-order valence-corrected chi connectivity index (χ3v) is 7.37. The fourth-order valence-electron chi connectivity index (χ4n) is 3.84. The van der Waals surface area contributed by atoms with Crippen molar-refractivity contribution < 1.29 is 22.4 Å². The molecule has 4 rings (SSSR count). The number of fused-ring (bicyclic) bond motifs is 1. The van der Waals surface area contributed by atoms with Crippen LogP contribution in [-0.2, 0) is 27.9 Å². The van der Waals surface area contributed by atoms with Gasteiger partial charge in [0.05, 0.1) is 22.2 Å². The smallest absolute Gasteiger partial charge is 0.342 e. The molecule has 0 aliphatic carbocycles. The summed E-state index contributed by atoms with van der Waals surface area (Å²) >= 11 is 0. The summed E-state index contributed by atoms with van der Waals surface area (Å²) in [4.78, 5) is 17.1. The number of imidazole rings is 1. The van der Waals surface area contributed by atoms with Gasteiger partial charge in [0.15, 0.2) is 0 Å². The normalized spacial score (nSPS) is 15.5. The Morgan fingerprint density at radius 2 is 1.97 bits per heavy atom. The number of furan rings is 1. The molecule has 0 spiro atoms. The quantitative estimate of drug-likeness (QED) is 0.555. The molecular formula is C21H25N3O5S. The van der Waals surface area contributed by atoms with Crippen LogP contribution in [0.1, 0.15) is 48.1 Å². The molecule has 1 aromatic carbocycles. The summed E-state index contributed by atoms with van der Waals surface area (Å²) < 4.78 is 40.0. The average molecular weight is 432 g/mol. The summed E-state index contributed by atoms with van der Waals surface area (Å²) in [7, 11) is -3.54. The minimum atomic E-state index is -3.54. The zero-order valence-electron chi connectivity index (χ0n) is 17.1. The number of hydrogen-bond acceptors (Lipinski definition) is 6. The summed E-state index contributed by atoms with van der Waals surface area (Å²) in [5.74, 6) is 0.579. The number of nitrogens with zero attached hydrogens (tertiary/aromatic N) is 3. The van der Waals surface area contributed by atoms with Crippen LogP contribution in [0.25, 0.3) is 11.0 Å². The van der Waals surface area contributed by atoms with Gasteiger partial charge in [0.25, 0.3) is 0 Å². The average Bonchev–Trinajstić information content (AvgIpc) is 3.34. The molecule has 1 saturated heterocycles. The van der Waals surface area contributed by atoms with Crippen LogP contribution in [0.4, 0.5) is 0 Å². The number of carbonyl (C=O) groups excluding carboxylic acids is 1. The maximum absolute atomic E-state index is 13.0. The lowest BCUT2D eigenvalue weighted by atomic mass is 10.2. The van der Waals surface area contributed by atoms with Gasteiger partial charge in [-0.3, -0.25) is 0 Å². The summed E-state index contributed by atoms with van der Waals surface area (Å²) in [5, 5.41) is 0. The predicted octanol–water partition coefficient (Wildman–Crippen LogP) is 3.49. The van der Waals surface area contributed by atoms with Crippen molar-refractivity contribution in [2.24, 2.45) is 0 Å². The number of piperidine rings is 1. The van der Waals surface area contributed by atoms with Gasteiger partial charge in [-0.1, -0.05) is 6.42 Å². The molecule has 0 N–H and O–H groups in total. The molecule has 3 heterocycles. The summed E-state index contributed by atoms with van der Waals surface area (Å²) in [6, 6.07) is 6.58. The minimum Gasteiger partial charge on any atom is -0.469 e. The predicted molar refractivity (Wildman–Crippen MR) is 111 cm³/mol. The second kappa shape index (κ2) is 8.23. The van der Waals surface area contributed by atoms with E-state index in [2.05, 4.69) is 4.98 Å². The molecular weight excluding hydrogens is 406 g/mol. The van der Waals surface area contributed by atoms with Crippen LogP contribution >= 0.6 is 0 Å². The first-order chi connectivity index (χ1) is 14.4. The molecule has 0 radical (unpaired) electrons. The highest BCUT2D eigenvalue weighted by atomic mass is 32.2. The highest BCUT2D eigenvalue weighted by Gasteiger charge is 2.27. The summed E-state index contributed by atoms with van der Waals surface area (Å²) in [6.07, 6.45) is 4.28. The van der Waals surface area contributed by atoms with Crippen LogP contribution in [0.2, 0.25) is 0 Å². The molecule has 1 aliphatic rings. The number of hydrogen-bond donors (Lipinski definition) is 0. The number of benzene rings is 1. The second-order valence-electron chi connectivity index (χ2n) is 7.35. The Morgan fingerprint density at radius 1 is 1.20 bits per heavy atom. The van der Waals surface area contributed by atoms with Crippen LogP contribution in [0.5, 0.6) is 0 Å². The van der Waals surface area contributed by atoms with E-state index in [4.69, 9.17) is 9.15 Å². The van der Waals surface area contributed by atoms with Crippen molar-refractivity contribution in [1.29, 1.82) is 0 Å². The van der Waals surface area contributed by atoms with Crippen molar-refractivity contribution in [1.82, 2.24) is 13.9 Å². The molecule has 0 atom stereocenters. The highest BCUT2D eigenvalue weighted by molar-refractivity contribution is 7.89. The van der Waals surface area contributed by atoms with Gasteiger partial charge in [0.1, 0.15) is 23.8 Å². The van der Waals surface area contributed by atoms with E-state index in [-0.39, 0.29) is 11.5 Å². The van der Waals surface area contributed by atoms with E-state index in [1.807, 2.05) is 11.5 Å². The molecule has 1 fully saturated rings.